The number of rotatable bonds is 7. The minimum Gasteiger partial charge on any atom is -0.479 e. The van der Waals surface area contributed by atoms with Gasteiger partial charge in [0.05, 0.1) is 20.0 Å². The number of hydrogen-bond donors (Lipinski definition) is 1. The molecular weight excluding hydrogens is 538 g/mol. The zero-order valence-corrected chi connectivity index (χ0v) is 26.6. The Kier molecular flexibility index (Phi) is 8.46. The third-order valence-electron chi connectivity index (χ3n) is 7.79. The van der Waals surface area contributed by atoms with Crippen LogP contribution in [0.4, 0.5) is 5.95 Å². The van der Waals surface area contributed by atoms with Crippen LogP contribution in [-0.2, 0) is 27.2 Å². The molecule has 39 heavy (non-hydrogen) atoms. The van der Waals surface area contributed by atoms with Gasteiger partial charge in [-0.1, -0.05) is 55.4 Å². The normalized spacial score (nSPS) is 26.7. The number of ether oxygens (including phenoxy) is 3. The molecule has 0 unspecified atom stereocenters. The number of aromatic nitrogens is 4. The maximum absolute atomic E-state index is 12.4. The van der Waals surface area contributed by atoms with Crippen molar-refractivity contribution in [2.45, 2.75) is 109 Å². The molecule has 218 valence electrons. The van der Waals surface area contributed by atoms with E-state index in [-0.39, 0.29) is 40.6 Å². The van der Waals surface area contributed by atoms with Crippen molar-refractivity contribution in [3.8, 4) is 5.88 Å². The lowest BCUT2D eigenvalue weighted by Gasteiger charge is -2.51. The Bertz CT molecular complexity index is 1180. The zero-order valence-electron chi connectivity index (χ0n) is 24.6. The van der Waals surface area contributed by atoms with Crippen molar-refractivity contribution in [2.24, 2.45) is 0 Å². The lowest BCUT2D eigenvalue weighted by atomic mass is 10.1. The van der Waals surface area contributed by atoms with Crippen LogP contribution in [0.3, 0.4) is 0 Å². The number of nitrogens with zero attached hydrogens (tertiary/aromatic N) is 4. The second kappa shape index (κ2) is 11.0. The minimum atomic E-state index is -2.98. The van der Waals surface area contributed by atoms with Gasteiger partial charge in [-0.15, -0.1) is 0 Å². The third kappa shape index (κ3) is 5.10. The first-order chi connectivity index (χ1) is 18.3. The van der Waals surface area contributed by atoms with E-state index in [2.05, 4.69) is 70.3 Å². The molecule has 0 spiro atoms. The van der Waals surface area contributed by atoms with Crippen LogP contribution in [0.25, 0.3) is 11.2 Å². The summed E-state index contributed by atoms with van der Waals surface area (Å²) < 4.78 is 40.9. The summed E-state index contributed by atoms with van der Waals surface area (Å²) in [4.78, 5) is 25.4. The molecule has 2 aromatic rings. The molecule has 2 aliphatic rings. The summed E-state index contributed by atoms with van der Waals surface area (Å²) in [7, 11) is -4.26. The van der Waals surface area contributed by atoms with Crippen LogP contribution in [0, 0.1) is 0 Å². The predicted octanol–water partition coefficient (Wildman–Crippen LogP) is 4.20. The summed E-state index contributed by atoms with van der Waals surface area (Å²) >= 11 is 0. The Morgan fingerprint density at radius 3 is 2.21 bits per heavy atom. The molecule has 14 heteroatoms. The molecule has 2 aliphatic heterocycles. The van der Waals surface area contributed by atoms with Crippen molar-refractivity contribution in [3.05, 3.63) is 6.33 Å². The van der Waals surface area contributed by atoms with Crippen LogP contribution < -0.4 is 10.5 Å². The van der Waals surface area contributed by atoms with Gasteiger partial charge in [-0.05, 0) is 22.2 Å². The van der Waals surface area contributed by atoms with Crippen LogP contribution >= 0.6 is 0 Å². The van der Waals surface area contributed by atoms with Gasteiger partial charge in [0.2, 0.25) is 11.8 Å². The number of hydrogen-bond acceptors (Lipinski definition) is 11. The molecule has 0 aliphatic carbocycles. The van der Waals surface area contributed by atoms with E-state index >= 15 is 0 Å². The number of nitrogens with two attached hydrogens (primary N) is 1. The molecule has 2 fully saturated rings. The van der Waals surface area contributed by atoms with Gasteiger partial charge in [0.25, 0.3) is 0 Å². The van der Waals surface area contributed by atoms with E-state index in [0.717, 1.165) is 0 Å². The van der Waals surface area contributed by atoms with E-state index in [9.17, 15) is 4.79 Å². The highest BCUT2D eigenvalue weighted by atomic mass is 28.5. The van der Waals surface area contributed by atoms with Gasteiger partial charge in [-0.3, -0.25) is 9.36 Å². The molecule has 0 amide bonds. The molecule has 4 atom stereocenters. The Morgan fingerprint density at radius 1 is 1.05 bits per heavy atom. The molecule has 0 aromatic carbocycles. The average molecular weight is 582 g/mol. The van der Waals surface area contributed by atoms with Crippen LogP contribution in [0.2, 0.25) is 22.2 Å². The molecule has 2 N–H and O–H groups in total. The van der Waals surface area contributed by atoms with E-state index in [0.29, 0.717) is 11.2 Å². The van der Waals surface area contributed by atoms with Gasteiger partial charge in [-0.25, -0.2) is 4.98 Å². The van der Waals surface area contributed by atoms with E-state index in [1.807, 2.05) is 0 Å². The third-order valence-corrected chi connectivity index (χ3v) is 18.0. The first-order valence-corrected chi connectivity index (χ1v) is 17.6. The first kappa shape index (κ1) is 29.9. The molecular formula is C25H43N5O7Si2. The second-order valence-corrected chi connectivity index (χ2v) is 20.5. The standard InChI is InChI=1S/C25H43N5O7Si2/c1-13(2)38(14(3)4)33-11-18-20(36-39(37-38,15(5)6)16(7)8)21(34-17(9)31)24(35-18)30-12-27-19-22(30)28-25(26)29-23(19)32-10/h12-16,18,20-21,24H,11H2,1-10H3,(H2,26,28,29)/t18-,20-,21-,24-/m0/s1. The number of methoxy groups -OCH3 is 1. The number of fused-ring (bicyclic) bond motifs is 2. The van der Waals surface area contributed by atoms with Crippen LogP contribution in [-0.4, -0.2) is 74.6 Å². The predicted molar refractivity (Wildman–Crippen MR) is 150 cm³/mol. The lowest BCUT2D eigenvalue weighted by Crippen LogP contribution is -2.66. The monoisotopic (exact) mass is 581 g/mol. The maximum atomic E-state index is 12.4. The Morgan fingerprint density at radius 2 is 1.67 bits per heavy atom. The summed E-state index contributed by atoms with van der Waals surface area (Å²) in [6.45, 7) is 18.9. The van der Waals surface area contributed by atoms with Gasteiger partial charge >= 0.3 is 23.1 Å². The summed E-state index contributed by atoms with van der Waals surface area (Å²) in [6, 6.07) is 0. The second-order valence-electron chi connectivity index (χ2n) is 11.6. The van der Waals surface area contributed by atoms with Crippen LogP contribution in [0.1, 0.15) is 68.5 Å². The van der Waals surface area contributed by atoms with Gasteiger partial charge in [0.15, 0.2) is 23.5 Å². The molecule has 4 rings (SSSR count). The van der Waals surface area contributed by atoms with Crippen molar-refractivity contribution in [1.82, 2.24) is 19.5 Å². The molecule has 0 radical (unpaired) electrons. The summed E-state index contributed by atoms with van der Waals surface area (Å²) in [5.74, 6) is -0.182. The average Bonchev–Trinajstić information content (AvgIpc) is 3.38. The summed E-state index contributed by atoms with van der Waals surface area (Å²) in [6.07, 6.45) is -1.18. The largest absolute Gasteiger partial charge is 0.479 e. The number of imidazole rings is 1. The zero-order chi connectivity index (χ0) is 28.9. The fourth-order valence-electron chi connectivity index (χ4n) is 5.90. The van der Waals surface area contributed by atoms with Gasteiger partial charge in [0.1, 0.15) is 12.2 Å². The molecule has 4 heterocycles. The number of esters is 1. The Hall–Kier alpha value is -2.11. The molecule has 2 aromatic heterocycles. The minimum absolute atomic E-state index is 0.0258. The van der Waals surface area contributed by atoms with Gasteiger partial charge in [0, 0.05) is 6.92 Å². The molecule has 2 saturated heterocycles. The van der Waals surface area contributed by atoms with E-state index in [1.165, 1.54) is 14.0 Å². The van der Waals surface area contributed by atoms with Crippen molar-refractivity contribution in [3.63, 3.8) is 0 Å². The Labute approximate surface area is 232 Å². The van der Waals surface area contributed by atoms with E-state index < -0.39 is 47.6 Å². The Balaban J connectivity index is 1.86. The fraction of sp³-hybridized carbons (Fsp3) is 0.760. The highest BCUT2D eigenvalue weighted by Crippen LogP contribution is 2.49. The molecule has 12 nitrogen and oxygen atoms in total. The fourth-order valence-corrected chi connectivity index (χ4v) is 17.1. The topological polar surface area (TPSA) is 142 Å². The van der Waals surface area contributed by atoms with Gasteiger partial charge in [-0.2, -0.15) is 9.97 Å². The highest BCUT2D eigenvalue weighted by Gasteiger charge is 2.62. The molecule has 0 saturated carbocycles. The summed E-state index contributed by atoms with van der Waals surface area (Å²) in [5.41, 5.74) is 7.37. The first-order valence-electron chi connectivity index (χ1n) is 13.7. The van der Waals surface area contributed by atoms with Crippen molar-refractivity contribution in [1.29, 1.82) is 0 Å². The SMILES string of the molecule is COc1nc(N)nc2c1ncn2[C@H]1O[C@H]2CO[Si](C(C)C)(C(C)C)O[Si](C(C)C)(C(C)C)O[C@@H]2[C@@H]1OC(C)=O. The van der Waals surface area contributed by atoms with Crippen molar-refractivity contribution in [2.75, 3.05) is 19.5 Å². The van der Waals surface area contributed by atoms with Crippen molar-refractivity contribution >= 4 is 40.2 Å². The van der Waals surface area contributed by atoms with Gasteiger partial charge < -0.3 is 32.9 Å². The number of carbonyl (C=O) groups is 1. The number of anilines is 1. The molecule has 0 bridgehead atoms. The van der Waals surface area contributed by atoms with E-state index in [4.69, 9.17) is 32.9 Å². The van der Waals surface area contributed by atoms with Crippen LogP contribution in [0.15, 0.2) is 6.33 Å². The number of nitrogen functional groups attached to an aromatic ring is 1. The summed E-state index contributed by atoms with van der Waals surface area (Å²) in [5, 5.41) is 0. The van der Waals surface area contributed by atoms with Crippen LogP contribution in [0.5, 0.6) is 5.88 Å². The van der Waals surface area contributed by atoms with E-state index in [1.54, 1.807) is 10.9 Å². The van der Waals surface area contributed by atoms with Crippen molar-refractivity contribution < 1.29 is 32.0 Å². The quantitative estimate of drug-likeness (QED) is 0.371. The maximum Gasteiger partial charge on any atom is 0.335 e. The highest BCUT2D eigenvalue weighted by molar-refractivity contribution is 6.84. The number of carbonyl (C=O) groups excluding carboxylic acids is 1. The smallest absolute Gasteiger partial charge is 0.335 e. The lowest BCUT2D eigenvalue weighted by molar-refractivity contribution is -0.155.